The summed E-state index contributed by atoms with van der Waals surface area (Å²) in [6.45, 7) is 4.32. The molecule has 1 saturated carbocycles. The molecule has 1 atom stereocenters. The SMILES string of the molecule is [2H]c1c([2H])c([2H])c(C[C@@H](NC(=O)C2CCC(C(C)C)CC2)C(=O)O)c([2H])c1[2H]. The number of carboxylic acid groups (broad SMARTS) is 1. The number of rotatable bonds is 6. The van der Waals surface area contributed by atoms with Crippen molar-refractivity contribution in [2.24, 2.45) is 17.8 Å². The highest BCUT2D eigenvalue weighted by Crippen LogP contribution is 2.33. The quantitative estimate of drug-likeness (QED) is 0.845. The maximum Gasteiger partial charge on any atom is 0.326 e. The second-order valence-corrected chi connectivity index (χ2v) is 6.56. The fourth-order valence-electron chi connectivity index (χ4n) is 3.12. The highest BCUT2D eigenvalue weighted by molar-refractivity contribution is 5.85. The van der Waals surface area contributed by atoms with Crippen molar-refractivity contribution < 1.29 is 21.5 Å². The van der Waals surface area contributed by atoms with Crippen LogP contribution >= 0.6 is 0 Å². The molecule has 1 aliphatic carbocycles. The number of amides is 1. The summed E-state index contributed by atoms with van der Waals surface area (Å²) in [7, 11) is 0. The van der Waals surface area contributed by atoms with E-state index in [4.69, 9.17) is 6.85 Å². The highest BCUT2D eigenvalue weighted by atomic mass is 16.4. The topological polar surface area (TPSA) is 66.4 Å². The second-order valence-electron chi connectivity index (χ2n) is 6.56. The zero-order chi connectivity index (χ0) is 21.2. The Balaban J connectivity index is 2.13. The molecule has 2 rings (SSSR count). The van der Waals surface area contributed by atoms with Gasteiger partial charge in [0.25, 0.3) is 0 Å². The van der Waals surface area contributed by atoms with E-state index < -0.39 is 42.2 Å². The molecular weight excluding hydrogens is 290 g/mol. The number of nitrogens with one attached hydrogen (secondary N) is 1. The van der Waals surface area contributed by atoms with E-state index in [-0.39, 0.29) is 23.8 Å². The minimum absolute atomic E-state index is 0.109. The van der Waals surface area contributed by atoms with Crippen molar-refractivity contribution in [1.82, 2.24) is 5.32 Å². The Hall–Kier alpha value is -1.84. The molecule has 0 aliphatic heterocycles. The molecule has 1 fully saturated rings. The Morgan fingerprint density at radius 2 is 1.83 bits per heavy atom. The lowest BCUT2D eigenvalue weighted by atomic mass is 9.76. The van der Waals surface area contributed by atoms with Crippen LogP contribution in [0.3, 0.4) is 0 Å². The van der Waals surface area contributed by atoms with E-state index in [1.807, 2.05) is 0 Å². The monoisotopic (exact) mass is 322 g/mol. The molecule has 0 heterocycles. The lowest BCUT2D eigenvalue weighted by Gasteiger charge is -2.30. The maximum absolute atomic E-state index is 12.6. The van der Waals surface area contributed by atoms with Crippen molar-refractivity contribution in [1.29, 1.82) is 0 Å². The number of carbonyl (C=O) groups is 2. The lowest BCUT2D eigenvalue weighted by Crippen LogP contribution is -2.45. The Kier molecular flexibility index (Phi) is 4.12. The van der Waals surface area contributed by atoms with Gasteiger partial charge in [-0.15, -0.1) is 0 Å². The Morgan fingerprint density at radius 1 is 1.22 bits per heavy atom. The van der Waals surface area contributed by atoms with Crippen LogP contribution in [0, 0.1) is 17.8 Å². The van der Waals surface area contributed by atoms with Gasteiger partial charge < -0.3 is 10.4 Å². The van der Waals surface area contributed by atoms with Crippen molar-refractivity contribution in [3.05, 3.63) is 35.8 Å². The van der Waals surface area contributed by atoms with Gasteiger partial charge in [-0.2, -0.15) is 0 Å². The van der Waals surface area contributed by atoms with Crippen LogP contribution in [0.4, 0.5) is 0 Å². The van der Waals surface area contributed by atoms with Crippen molar-refractivity contribution in [3.8, 4) is 0 Å². The maximum atomic E-state index is 12.6. The summed E-state index contributed by atoms with van der Waals surface area (Å²) in [6, 6.07) is -3.79. The Morgan fingerprint density at radius 3 is 2.35 bits per heavy atom. The molecule has 1 aliphatic rings. The molecular formula is C19H27NO3. The van der Waals surface area contributed by atoms with Crippen LogP contribution in [0.5, 0.6) is 0 Å². The average molecular weight is 322 g/mol. The van der Waals surface area contributed by atoms with Gasteiger partial charge in [-0.1, -0.05) is 44.1 Å². The molecule has 4 nitrogen and oxygen atoms in total. The molecule has 126 valence electrons. The summed E-state index contributed by atoms with van der Waals surface area (Å²) < 4.78 is 38.9. The normalized spacial score (nSPS) is 25.6. The van der Waals surface area contributed by atoms with Gasteiger partial charge in [0.05, 0.1) is 6.85 Å². The Bertz CT molecular complexity index is 731. The number of benzene rings is 1. The van der Waals surface area contributed by atoms with E-state index in [0.717, 1.165) is 12.8 Å². The first-order valence-corrected chi connectivity index (χ1v) is 8.13. The molecule has 1 aromatic carbocycles. The van der Waals surface area contributed by atoms with E-state index in [1.54, 1.807) is 0 Å². The predicted molar refractivity (Wildman–Crippen MR) is 90.0 cm³/mol. The average Bonchev–Trinajstić information content (AvgIpc) is 2.66. The van der Waals surface area contributed by atoms with E-state index >= 15 is 0 Å². The minimum atomic E-state index is -1.35. The fraction of sp³-hybridized carbons (Fsp3) is 0.579. The molecule has 0 radical (unpaired) electrons. The van der Waals surface area contributed by atoms with Gasteiger partial charge in [-0.3, -0.25) is 4.79 Å². The molecule has 0 spiro atoms. The van der Waals surface area contributed by atoms with E-state index in [9.17, 15) is 14.7 Å². The van der Waals surface area contributed by atoms with Crippen LogP contribution in [0.15, 0.2) is 30.2 Å². The second kappa shape index (κ2) is 8.14. The number of hydrogen-bond donors (Lipinski definition) is 2. The molecule has 0 aromatic heterocycles. The molecule has 1 aromatic rings. The summed E-state index contributed by atoms with van der Waals surface area (Å²) in [5.41, 5.74) is -0.109. The zero-order valence-electron chi connectivity index (χ0n) is 18.6. The van der Waals surface area contributed by atoms with Gasteiger partial charge in [-0.25, -0.2) is 4.79 Å². The summed E-state index contributed by atoms with van der Waals surface area (Å²) in [6.07, 6.45) is 2.90. The fourth-order valence-corrected chi connectivity index (χ4v) is 3.12. The number of aliphatic carboxylic acids is 1. The molecule has 0 unspecified atom stereocenters. The van der Waals surface area contributed by atoms with Crippen molar-refractivity contribution >= 4 is 11.9 Å². The first kappa shape index (κ1) is 11.7. The minimum Gasteiger partial charge on any atom is -0.480 e. The van der Waals surface area contributed by atoms with Gasteiger partial charge in [0.1, 0.15) is 6.04 Å². The van der Waals surface area contributed by atoms with Gasteiger partial charge >= 0.3 is 5.97 Å². The third-order valence-electron chi connectivity index (χ3n) is 4.66. The summed E-state index contributed by atoms with van der Waals surface area (Å²) in [5, 5.41) is 12.0. The summed E-state index contributed by atoms with van der Waals surface area (Å²) >= 11 is 0. The summed E-state index contributed by atoms with van der Waals surface area (Å²) in [4.78, 5) is 24.2. The van der Waals surface area contributed by atoms with Gasteiger partial charge in [0, 0.05) is 12.3 Å². The van der Waals surface area contributed by atoms with Crippen molar-refractivity contribution in [2.75, 3.05) is 0 Å². The third kappa shape index (κ3) is 5.08. The standard InChI is InChI=1S/C19H27NO3/c1-13(2)15-8-10-16(11-9-15)18(21)20-17(19(22)23)12-14-6-4-3-5-7-14/h3-7,13,15-17H,8-12H2,1-2H3,(H,20,21)(H,22,23)/t15?,16?,17-/m1/s1/i3D,4D,5D,6D,7D. The van der Waals surface area contributed by atoms with Crippen molar-refractivity contribution in [3.63, 3.8) is 0 Å². The van der Waals surface area contributed by atoms with Crippen molar-refractivity contribution in [2.45, 2.75) is 52.0 Å². The molecule has 4 heteroatoms. The number of hydrogen-bond acceptors (Lipinski definition) is 2. The first-order valence-electron chi connectivity index (χ1n) is 10.6. The number of carbonyl (C=O) groups excluding carboxylic acids is 1. The van der Waals surface area contributed by atoms with E-state index in [2.05, 4.69) is 19.2 Å². The van der Waals surface area contributed by atoms with Crippen LogP contribution in [-0.2, 0) is 16.0 Å². The number of carboxylic acids is 1. The molecule has 0 bridgehead atoms. The predicted octanol–water partition coefficient (Wildman–Crippen LogP) is 3.26. The lowest BCUT2D eigenvalue weighted by molar-refractivity contribution is -0.142. The zero-order valence-corrected chi connectivity index (χ0v) is 13.6. The van der Waals surface area contributed by atoms with Crippen LogP contribution in [0.1, 0.15) is 51.9 Å². The largest absolute Gasteiger partial charge is 0.480 e. The van der Waals surface area contributed by atoms with Crippen LogP contribution in [0.2, 0.25) is 0 Å². The molecule has 2 N–H and O–H groups in total. The first-order chi connectivity index (χ1) is 13.0. The molecule has 23 heavy (non-hydrogen) atoms. The van der Waals surface area contributed by atoms with Crippen LogP contribution in [0.25, 0.3) is 0 Å². The Labute approximate surface area is 145 Å². The third-order valence-corrected chi connectivity index (χ3v) is 4.66. The van der Waals surface area contributed by atoms with Crippen LogP contribution in [-0.4, -0.2) is 23.0 Å². The van der Waals surface area contributed by atoms with Gasteiger partial charge in [0.15, 0.2) is 0 Å². The molecule has 0 saturated heterocycles. The molecule has 1 amide bonds. The van der Waals surface area contributed by atoms with E-state index in [1.165, 1.54) is 0 Å². The smallest absolute Gasteiger partial charge is 0.326 e. The summed E-state index contributed by atoms with van der Waals surface area (Å²) in [5.74, 6) is -0.764. The highest BCUT2D eigenvalue weighted by Gasteiger charge is 2.30. The van der Waals surface area contributed by atoms with Crippen LogP contribution < -0.4 is 5.32 Å². The van der Waals surface area contributed by atoms with E-state index in [0.29, 0.717) is 24.7 Å². The van der Waals surface area contributed by atoms with Gasteiger partial charge in [-0.05, 0) is 43.1 Å². The van der Waals surface area contributed by atoms with Gasteiger partial charge in [0.2, 0.25) is 5.91 Å².